The molecule has 4 rings (SSSR count). The molecule has 0 saturated carbocycles. The maximum absolute atomic E-state index is 13.4. The fraction of sp³-hybridized carbons (Fsp3) is 0.0833. The Morgan fingerprint density at radius 1 is 0.862 bits per heavy atom. The van der Waals surface area contributed by atoms with Crippen LogP contribution in [0.3, 0.4) is 0 Å². The van der Waals surface area contributed by atoms with E-state index >= 15 is 0 Å². The van der Waals surface area contributed by atoms with Gasteiger partial charge in [-0.2, -0.15) is 0 Å². The van der Waals surface area contributed by atoms with Gasteiger partial charge in [-0.3, -0.25) is 4.79 Å². The Hall–Kier alpha value is -3.44. The normalized spacial score (nSPS) is 10.5. The predicted octanol–water partition coefficient (Wildman–Crippen LogP) is 5.73. The van der Waals surface area contributed by atoms with Crippen molar-refractivity contribution in [3.8, 4) is 0 Å². The van der Waals surface area contributed by atoms with Gasteiger partial charge in [0.15, 0.2) is 5.13 Å². The van der Waals surface area contributed by atoms with E-state index in [9.17, 15) is 4.79 Å². The van der Waals surface area contributed by atoms with Crippen molar-refractivity contribution in [3.63, 3.8) is 0 Å². The van der Waals surface area contributed by atoms with Crippen LogP contribution >= 0.6 is 11.3 Å². The molecule has 0 aliphatic heterocycles. The number of nitrogens with zero attached hydrogens (tertiary/aromatic N) is 2. The van der Waals surface area contributed by atoms with Crippen molar-refractivity contribution in [1.29, 1.82) is 0 Å². The van der Waals surface area contributed by atoms with Crippen molar-refractivity contribution in [2.45, 2.75) is 13.1 Å². The summed E-state index contributed by atoms with van der Waals surface area (Å²) in [6.07, 6.45) is 1.75. The summed E-state index contributed by atoms with van der Waals surface area (Å²) in [7, 11) is 0. The van der Waals surface area contributed by atoms with Gasteiger partial charge in [-0.1, -0.05) is 66.7 Å². The molecule has 4 aromatic rings. The predicted molar refractivity (Wildman–Crippen MR) is 118 cm³/mol. The Balaban J connectivity index is 1.58. The van der Waals surface area contributed by atoms with Crippen LogP contribution in [0.5, 0.6) is 0 Å². The second kappa shape index (κ2) is 9.17. The van der Waals surface area contributed by atoms with E-state index in [1.54, 1.807) is 6.20 Å². The van der Waals surface area contributed by atoms with Crippen molar-refractivity contribution >= 4 is 28.1 Å². The third kappa shape index (κ3) is 5.09. The van der Waals surface area contributed by atoms with Gasteiger partial charge in [-0.25, -0.2) is 4.98 Å². The zero-order chi connectivity index (χ0) is 19.9. The van der Waals surface area contributed by atoms with Gasteiger partial charge in [0.25, 0.3) is 5.91 Å². The van der Waals surface area contributed by atoms with Gasteiger partial charge in [0.2, 0.25) is 0 Å². The summed E-state index contributed by atoms with van der Waals surface area (Å²) in [5.74, 6) is 0.000458. The number of thiazole rings is 1. The number of rotatable bonds is 7. The second-order valence-electron chi connectivity index (χ2n) is 6.68. The first kappa shape index (κ1) is 18.9. The fourth-order valence-electron chi connectivity index (χ4n) is 3.13. The van der Waals surface area contributed by atoms with Crippen LogP contribution in [-0.2, 0) is 13.1 Å². The largest absolute Gasteiger partial charge is 0.332 e. The second-order valence-corrected chi connectivity index (χ2v) is 7.57. The lowest BCUT2D eigenvalue weighted by Crippen LogP contribution is -2.30. The number of hydrogen-bond acceptors (Lipinski definition) is 4. The molecule has 144 valence electrons. The van der Waals surface area contributed by atoms with E-state index in [4.69, 9.17) is 0 Å². The number of hydrogen-bond donors (Lipinski definition) is 1. The van der Waals surface area contributed by atoms with E-state index in [0.29, 0.717) is 18.7 Å². The molecular formula is C24H21N3OS. The first-order valence-corrected chi connectivity index (χ1v) is 10.3. The van der Waals surface area contributed by atoms with Crippen molar-refractivity contribution < 1.29 is 4.79 Å². The Kier molecular flexibility index (Phi) is 5.98. The van der Waals surface area contributed by atoms with Gasteiger partial charge >= 0.3 is 0 Å². The summed E-state index contributed by atoms with van der Waals surface area (Å²) >= 11 is 1.52. The summed E-state index contributed by atoms with van der Waals surface area (Å²) in [6, 6.07) is 27.7. The number of carbonyl (C=O) groups is 1. The first-order valence-electron chi connectivity index (χ1n) is 9.41. The Labute approximate surface area is 174 Å². The van der Waals surface area contributed by atoms with Gasteiger partial charge in [0.05, 0.1) is 0 Å². The van der Waals surface area contributed by atoms with E-state index < -0.39 is 0 Å². The van der Waals surface area contributed by atoms with Crippen LogP contribution in [-0.4, -0.2) is 15.8 Å². The van der Waals surface area contributed by atoms with Crippen molar-refractivity contribution in [3.05, 3.63) is 113 Å². The van der Waals surface area contributed by atoms with Gasteiger partial charge in [-0.05, 0) is 29.3 Å². The number of amides is 1. The fourth-order valence-corrected chi connectivity index (χ4v) is 3.68. The molecule has 1 amide bonds. The van der Waals surface area contributed by atoms with Crippen LogP contribution in [0.25, 0.3) is 0 Å². The standard InChI is InChI=1S/C24H21N3OS/c28-23(21-12-7-13-22(16-21)26-24-25-14-15-29-24)27(17-19-8-3-1-4-9-19)18-20-10-5-2-6-11-20/h1-16H,17-18H2,(H,25,26). The van der Waals surface area contributed by atoms with Gasteiger partial charge in [0.1, 0.15) is 0 Å². The SMILES string of the molecule is O=C(c1cccc(Nc2nccs2)c1)N(Cc1ccccc1)Cc1ccccc1. The molecule has 0 saturated heterocycles. The third-order valence-corrected chi connectivity index (χ3v) is 5.20. The molecule has 4 nitrogen and oxygen atoms in total. The molecule has 0 aliphatic carbocycles. The lowest BCUT2D eigenvalue weighted by atomic mass is 10.1. The Bertz CT molecular complexity index is 1010. The van der Waals surface area contributed by atoms with Crippen molar-refractivity contribution in [2.75, 3.05) is 5.32 Å². The minimum absolute atomic E-state index is 0.000458. The van der Waals surface area contributed by atoms with Crippen LogP contribution < -0.4 is 5.32 Å². The molecule has 3 aromatic carbocycles. The molecule has 0 bridgehead atoms. The van der Waals surface area contributed by atoms with Crippen molar-refractivity contribution in [1.82, 2.24) is 9.88 Å². The highest BCUT2D eigenvalue weighted by Gasteiger charge is 2.17. The molecule has 1 heterocycles. The monoisotopic (exact) mass is 399 g/mol. The van der Waals surface area contributed by atoms with Crippen LogP contribution in [0.1, 0.15) is 21.5 Å². The third-order valence-electron chi connectivity index (χ3n) is 4.51. The average Bonchev–Trinajstić information content (AvgIpc) is 3.27. The number of benzene rings is 3. The molecule has 1 aromatic heterocycles. The molecule has 0 fully saturated rings. The van der Waals surface area contributed by atoms with Crippen LogP contribution in [0.4, 0.5) is 10.8 Å². The minimum Gasteiger partial charge on any atom is -0.332 e. The van der Waals surface area contributed by atoms with E-state index in [1.165, 1.54) is 11.3 Å². The smallest absolute Gasteiger partial charge is 0.254 e. The summed E-state index contributed by atoms with van der Waals surface area (Å²) < 4.78 is 0. The number of anilines is 2. The molecule has 0 spiro atoms. The maximum atomic E-state index is 13.4. The molecule has 0 atom stereocenters. The maximum Gasteiger partial charge on any atom is 0.254 e. The van der Waals surface area contributed by atoms with E-state index in [-0.39, 0.29) is 5.91 Å². The first-order chi connectivity index (χ1) is 14.3. The number of aromatic nitrogens is 1. The van der Waals surface area contributed by atoms with Crippen LogP contribution in [0.15, 0.2) is 96.5 Å². The lowest BCUT2D eigenvalue weighted by molar-refractivity contribution is 0.0730. The molecule has 29 heavy (non-hydrogen) atoms. The van der Waals surface area contributed by atoms with Crippen LogP contribution in [0.2, 0.25) is 0 Å². The van der Waals surface area contributed by atoms with Gasteiger partial charge in [-0.15, -0.1) is 11.3 Å². The van der Waals surface area contributed by atoms with E-state index in [0.717, 1.165) is 21.9 Å². The molecule has 1 N–H and O–H groups in total. The summed E-state index contributed by atoms with van der Waals surface area (Å²) in [6.45, 7) is 1.11. The number of nitrogens with one attached hydrogen (secondary N) is 1. The van der Waals surface area contributed by atoms with Crippen LogP contribution in [0, 0.1) is 0 Å². The van der Waals surface area contributed by atoms with E-state index in [1.807, 2.05) is 95.2 Å². The highest BCUT2D eigenvalue weighted by Crippen LogP contribution is 2.21. The highest BCUT2D eigenvalue weighted by atomic mass is 32.1. The zero-order valence-corrected chi connectivity index (χ0v) is 16.7. The molecular weight excluding hydrogens is 378 g/mol. The highest BCUT2D eigenvalue weighted by molar-refractivity contribution is 7.13. The minimum atomic E-state index is 0.000458. The molecule has 0 radical (unpaired) electrons. The molecule has 0 aliphatic rings. The summed E-state index contributed by atoms with van der Waals surface area (Å²) in [5.41, 5.74) is 3.71. The number of carbonyl (C=O) groups excluding carboxylic acids is 1. The lowest BCUT2D eigenvalue weighted by Gasteiger charge is -2.23. The average molecular weight is 400 g/mol. The van der Waals surface area contributed by atoms with Crippen molar-refractivity contribution in [2.24, 2.45) is 0 Å². The summed E-state index contributed by atoms with van der Waals surface area (Å²) in [4.78, 5) is 19.5. The van der Waals surface area contributed by atoms with Gasteiger partial charge < -0.3 is 10.2 Å². The topological polar surface area (TPSA) is 45.2 Å². The quantitative estimate of drug-likeness (QED) is 0.432. The zero-order valence-electron chi connectivity index (χ0n) is 15.9. The Morgan fingerprint density at radius 2 is 1.52 bits per heavy atom. The summed E-state index contributed by atoms with van der Waals surface area (Å²) in [5, 5.41) is 5.98. The molecule has 5 heteroatoms. The van der Waals surface area contributed by atoms with E-state index in [2.05, 4.69) is 10.3 Å². The molecule has 0 unspecified atom stereocenters. The Morgan fingerprint density at radius 3 is 2.10 bits per heavy atom. The van der Waals surface area contributed by atoms with Gasteiger partial charge in [0, 0.05) is 35.9 Å².